The molecule has 2 aromatic rings. The van der Waals surface area contributed by atoms with Crippen LogP contribution in [0.3, 0.4) is 0 Å². The Labute approximate surface area is 139 Å². The van der Waals surface area contributed by atoms with Crippen molar-refractivity contribution in [3.63, 3.8) is 0 Å². The van der Waals surface area contributed by atoms with Crippen molar-refractivity contribution in [2.75, 3.05) is 19.6 Å². The number of hydrogen-bond donors (Lipinski definition) is 0. The van der Waals surface area contributed by atoms with Crippen molar-refractivity contribution in [1.29, 1.82) is 0 Å². The molecule has 0 aromatic carbocycles. The molecule has 2 aliphatic heterocycles. The summed E-state index contributed by atoms with van der Waals surface area (Å²) in [5.41, 5.74) is 2.37. The number of rotatable bonds is 2. The van der Waals surface area contributed by atoms with Gasteiger partial charge in [-0.3, -0.25) is 9.69 Å². The molecule has 4 heterocycles. The predicted molar refractivity (Wildman–Crippen MR) is 91.7 cm³/mol. The number of piperidine rings is 1. The average Bonchev–Trinajstić information content (AvgIpc) is 3.25. The lowest BCUT2D eigenvalue weighted by Gasteiger charge is -2.40. The zero-order valence-electron chi connectivity index (χ0n) is 12.5. The molecule has 0 aliphatic carbocycles. The van der Waals surface area contributed by atoms with Crippen LogP contribution in [0.25, 0.3) is 0 Å². The van der Waals surface area contributed by atoms with E-state index in [4.69, 9.17) is 0 Å². The Kier molecular flexibility index (Phi) is 4.03. The van der Waals surface area contributed by atoms with E-state index in [2.05, 4.69) is 16.3 Å². The molecule has 0 unspecified atom stereocenters. The van der Waals surface area contributed by atoms with E-state index < -0.39 is 0 Å². The number of fused-ring (bicyclic) bond motifs is 1. The Balaban J connectivity index is 1.35. The van der Waals surface area contributed by atoms with Crippen LogP contribution >= 0.6 is 22.7 Å². The van der Waals surface area contributed by atoms with Gasteiger partial charge in [-0.25, -0.2) is 0 Å². The molecule has 0 atom stereocenters. The summed E-state index contributed by atoms with van der Waals surface area (Å²) in [5.74, 6) is 0.207. The number of likely N-dealkylation sites (tertiary alicyclic amines) is 1. The largest absolute Gasteiger partial charge is 0.339 e. The summed E-state index contributed by atoms with van der Waals surface area (Å²) in [6, 6.07) is 4.85. The number of nitrogens with zero attached hydrogens (tertiary/aromatic N) is 2. The third-order valence-electron chi connectivity index (χ3n) is 4.87. The van der Waals surface area contributed by atoms with Crippen molar-refractivity contribution >= 4 is 28.6 Å². The zero-order valence-corrected chi connectivity index (χ0v) is 14.2. The minimum Gasteiger partial charge on any atom is -0.339 e. The van der Waals surface area contributed by atoms with Crippen LogP contribution in [0.2, 0.25) is 0 Å². The fraction of sp³-hybridized carbons (Fsp3) is 0.471. The van der Waals surface area contributed by atoms with Crippen LogP contribution in [0.4, 0.5) is 0 Å². The molecule has 2 aliphatic rings. The van der Waals surface area contributed by atoms with Gasteiger partial charge in [0.2, 0.25) is 0 Å². The van der Waals surface area contributed by atoms with Crippen LogP contribution < -0.4 is 0 Å². The molecule has 0 bridgehead atoms. The summed E-state index contributed by atoms with van der Waals surface area (Å²) in [7, 11) is 0. The Morgan fingerprint density at radius 1 is 1.14 bits per heavy atom. The number of thiophene rings is 2. The van der Waals surface area contributed by atoms with Gasteiger partial charge >= 0.3 is 0 Å². The van der Waals surface area contributed by atoms with Crippen LogP contribution in [-0.2, 0) is 13.0 Å². The molecule has 116 valence electrons. The molecule has 1 saturated heterocycles. The third kappa shape index (κ3) is 2.73. The van der Waals surface area contributed by atoms with Crippen LogP contribution in [0.1, 0.15) is 33.6 Å². The highest BCUT2D eigenvalue weighted by molar-refractivity contribution is 7.10. The first-order valence-corrected chi connectivity index (χ1v) is 9.74. The Morgan fingerprint density at radius 2 is 2.00 bits per heavy atom. The van der Waals surface area contributed by atoms with Crippen LogP contribution in [0.15, 0.2) is 28.3 Å². The van der Waals surface area contributed by atoms with Gasteiger partial charge in [0.15, 0.2) is 0 Å². The standard InChI is InChI=1S/C17H20N2OS2/c20-17(14-4-9-21-12-14)18-6-1-15(2-7-18)19-8-3-16-13(11-19)5-10-22-16/h4-5,9-10,12,15H,1-3,6-8,11H2. The van der Waals surface area contributed by atoms with Gasteiger partial charge in [0, 0.05) is 42.5 Å². The van der Waals surface area contributed by atoms with Crippen molar-refractivity contribution in [2.24, 2.45) is 0 Å². The maximum Gasteiger partial charge on any atom is 0.254 e. The highest BCUT2D eigenvalue weighted by Gasteiger charge is 2.29. The third-order valence-corrected chi connectivity index (χ3v) is 6.58. The van der Waals surface area contributed by atoms with Crippen LogP contribution in [0, 0.1) is 0 Å². The SMILES string of the molecule is O=C(c1ccsc1)N1CCC(N2CCc3sccc3C2)CC1. The monoisotopic (exact) mass is 332 g/mol. The van der Waals surface area contributed by atoms with Crippen molar-refractivity contribution in [1.82, 2.24) is 9.80 Å². The summed E-state index contributed by atoms with van der Waals surface area (Å²) < 4.78 is 0. The highest BCUT2D eigenvalue weighted by atomic mass is 32.1. The first-order chi connectivity index (χ1) is 10.8. The maximum atomic E-state index is 12.4. The van der Waals surface area contributed by atoms with Gasteiger partial charge in [0.1, 0.15) is 0 Å². The molecule has 1 amide bonds. The molecular formula is C17H20N2OS2. The van der Waals surface area contributed by atoms with E-state index in [1.807, 2.05) is 33.1 Å². The average molecular weight is 332 g/mol. The van der Waals surface area contributed by atoms with E-state index >= 15 is 0 Å². The number of amides is 1. The highest BCUT2D eigenvalue weighted by Crippen LogP contribution is 2.28. The van der Waals surface area contributed by atoms with Crippen molar-refractivity contribution < 1.29 is 4.79 Å². The Bertz CT molecular complexity index is 641. The lowest BCUT2D eigenvalue weighted by Crippen LogP contribution is -2.47. The molecule has 22 heavy (non-hydrogen) atoms. The molecule has 0 radical (unpaired) electrons. The van der Waals surface area contributed by atoms with Gasteiger partial charge in [-0.2, -0.15) is 11.3 Å². The van der Waals surface area contributed by atoms with Crippen molar-refractivity contribution in [3.05, 3.63) is 44.3 Å². The maximum absolute atomic E-state index is 12.4. The molecule has 2 aromatic heterocycles. The first-order valence-electron chi connectivity index (χ1n) is 7.92. The minimum atomic E-state index is 0.207. The fourth-order valence-electron chi connectivity index (χ4n) is 3.58. The van der Waals surface area contributed by atoms with Gasteiger partial charge in [0.05, 0.1) is 5.56 Å². The number of carbonyl (C=O) groups excluding carboxylic acids is 1. The van der Waals surface area contributed by atoms with Gasteiger partial charge in [0.25, 0.3) is 5.91 Å². The van der Waals surface area contributed by atoms with Crippen LogP contribution in [0.5, 0.6) is 0 Å². The lowest BCUT2D eigenvalue weighted by molar-refractivity contribution is 0.0601. The second-order valence-corrected chi connectivity index (χ2v) is 7.91. The molecular weight excluding hydrogens is 312 g/mol. The van der Waals surface area contributed by atoms with E-state index in [-0.39, 0.29) is 5.91 Å². The second kappa shape index (κ2) is 6.14. The lowest BCUT2D eigenvalue weighted by atomic mass is 9.99. The molecule has 5 heteroatoms. The summed E-state index contributed by atoms with van der Waals surface area (Å²) in [5, 5.41) is 6.15. The van der Waals surface area contributed by atoms with E-state index in [1.54, 1.807) is 16.2 Å². The minimum absolute atomic E-state index is 0.207. The van der Waals surface area contributed by atoms with Crippen molar-refractivity contribution in [3.8, 4) is 0 Å². The van der Waals surface area contributed by atoms with E-state index in [0.717, 1.165) is 38.0 Å². The summed E-state index contributed by atoms with van der Waals surface area (Å²) in [6.45, 7) is 4.07. The molecule has 0 spiro atoms. The smallest absolute Gasteiger partial charge is 0.254 e. The molecule has 3 nitrogen and oxygen atoms in total. The second-order valence-electron chi connectivity index (χ2n) is 6.12. The first kappa shape index (κ1) is 14.4. The van der Waals surface area contributed by atoms with Gasteiger partial charge in [-0.1, -0.05) is 0 Å². The molecule has 0 saturated carbocycles. The van der Waals surface area contributed by atoms with Crippen molar-refractivity contribution in [2.45, 2.75) is 31.8 Å². The van der Waals surface area contributed by atoms with Gasteiger partial charge in [-0.15, -0.1) is 11.3 Å². The van der Waals surface area contributed by atoms with E-state index in [0.29, 0.717) is 6.04 Å². The van der Waals surface area contributed by atoms with Crippen LogP contribution in [-0.4, -0.2) is 41.4 Å². The molecule has 1 fully saturated rings. The van der Waals surface area contributed by atoms with Gasteiger partial charge < -0.3 is 4.90 Å². The fourth-order valence-corrected chi connectivity index (χ4v) is 5.10. The summed E-state index contributed by atoms with van der Waals surface area (Å²) >= 11 is 3.49. The number of hydrogen-bond acceptors (Lipinski definition) is 4. The Hall–Kier alpha value is -1.17. The quantitative estimate of drug-likeness (QED) is 0.841. The number of carbonyl (C=O) groups is 1. The van der Waals surface area contributed by atoms with E-state index in [9.17, 15) is 4.79 Å². The molecule has 0 N–H and O–H groups in total. The topological polar surface area (TPSA) is 23.6 Å². The predicted octanol–water partition coefficient (Wildman–Crippen LogP) is 3.47. The summed E-state index contributed by atoms with van der Waals surface area (Å²) in [6.07, 6.45) is 3.41. The van der Waals surface area contributed by atoms with Gasteiger partial charge in [-0.05, 0) is 47.7 Å². The Morgan fingerprint density at radius 3 is 2.77 bits per heavy atom. The summed E-state index contributed by atoms with van der Waals surface area (Å²) in [4.78, 5) is 18.6. The normalized spacial score (nSPS) is 20.1. The van der Waals surface area contributed by atoms with E-state index in [1.165, 1.54) is 18.5 Å². The molecule has 4 rings (SSSR count). The zero-order chi connectivity index (χ0) is 14.9.